The van der Waals surface area contributed by atoms with Gasteiger partial charge in [-0.05, 0) is 49.0 Å². The second-order valence-electron chi connectivity index (χ2n) is 6.52. The Hall–Kier alpha value is -2.77. The van der Waals surface area contributed by atoms with Crippen LogP contribution in [-0.2, 0) is 16.1 Å². The van der Waals surface area contributed by atoms with Gasteiger partial charge in [0.2, 0.25) is 0 Å². The largest absolute Gasteiger partial charge is 0.340 e. The van der Waals surface area contributed by atoms with Crippen LogP contribution in [0.25, 0.3) is 17.0 Å². The first kappa shape index (κ1) is 18.6. The number of aromatic nitrogens is 1. The van der Waals surface area contributed by atoms with E-state index in [-0.39, 0.29) is 10.7 Å². The molecule has 0 bridgehead atoms. The summed E-state index contributed by atoms with van der Waals surface area (Å²) in [5, 5.41) is 5.97. The number of fused-ring (bicyclic) bond motifs is 1. The molecular weight excluding hydrogens is 438 g/mol. The molecule has 2 aromatic carbocycles. The van der Waals surface area contributed by atoms with Crippen LogP contribution in [-0.4, -0.2) is 21.5 Å². The number of hydrogen-bond donors (Lipinski definition) is 2. The minimum absolute atomic E-state index is 0.0292. The van der Waals surface area contributed by atoms with Crippen LogP contribution < -0.4 is 10.6 Å². The Bertz CT molecular complexity index is 1140. The Morgan fingerprint density at radius 1 is 1.04 bits per heavy atom. The average Bonchev–Trinajstić information content (AvgIpc) is 2.92. The van der Waals surface area contributed by atoms with E-state index >= 15 is 0 Å². The topological polar surface area (TPSA) is 63.1 Å². The molecule has 5 nitrogen and oxygen atoms in total. The third kappa shape index (κ3) is 3.39. The van der Waals surface area contributed by atoms with Crippen molar-refractivity contribution in [3.63, 3.8) is 0 Å². The first-order valence-corrected chi connectivity index (χ1v) is 9.85. The molecule has 28 heavy (non-hydrogen) atoms. The van der Waals surface area contributed by atoms with Crippen molar-refractivity contribution in [2.24, 2.45) is 0 Å². The summed E-state index contributed by atoms with van der Waals surface area (Å²) in [4.78, 5) is 24.5. The van der Waals surface area contributed by atoms with Gasteiger partial charge in [-0.15, -0.1) is 0 Å². The molecule has 1 aliphatic rings. The van der Waals surface area contributed by atoms with E-state index in [2.05, 4.69) is 43.3 Å². The predicted molar refractivity (Wildman–Crippen MR) is 117 cm³/mol. The number of carbonyl (C=O) groups excluding carboxylic acids is 2. The second-order valence-corrected chi connectivity index (χ2v) is 7.85. The quantitative estimate of drug-likeness (QED) is 0.361. The van der Waals surface area contributed by atoms with Gasteiger partial charge in [-0.3, -0.25) is 20.2 Å². The molecular formula is C21H16BrN3O2S. The van der Waals surface area contributed by atoms with E-state index in [1.54, 1.807) is 6.08 Å². The van der Waals surface area contributed by atoms with Crippen molar-refractivity contribution in [1.82, 2.24) is 15.2 Å². The lowest BCUT2D eigenvalue weighted by molar-refractivity contribution is -0.123. The smallest absolute Gasteiger partial charge is 0.263 e. The standard InChI is InChI=1S/C21H16BrN3O2S/c1-12-16(10-17-19(26)23-21(28)24-20(17)27)15-4-2-3-5-18(15)25(12)11-13-6-8-14(22)9-7-13/h2-10H,11H2,1H3,(H2,23,24,26,27,28). The lowest BCUT2D eigenvalue weighted by atomic mass is 10.1. The van der Waals surface area contributed by atoms with Gasteiger partial charge >= 0.3 is 0 Å². The summed E-state index contributed by atoms with van der Waals surface area (Å²) in [6.45, 7) is 2.68. The van der Waals surface area contributed by atoms with Crippen LogP contribution in [0.1, 0.15) is 16.8 Å². The number of hydrogen-bond acceptors (Lipinski definition) is 3. The maximum absolute atomic E-state index is 12.3. The molecule has 140 valence electrons. The SMILES string of the molecule is Cc1c(C=C2C(=O)NC(=S)NC2=O)c2ccccc2n1Cc1ccc(Br)cc1. The van der Waals surface area contributed by atoms with E-state index < -0.39 is 11.8 Å². The summed E-state index contributed by atoms with van der Waals surface area (Å²) < 4.78 is 3.22. The van der Waals surface area contributed by atoms with E-state index in [9.17, 15) is 9.59 Å². The van der Waals surface area contributed by atoms with Crippen molar-refractivity contribution in [3.8, 4) is 0 Å². The van der Waals surface area contributed by atoms with Gasteiger partial charge in [0.25, 0.3) is 11.8 Å². The molecule has 7 heteroatoms. The third-order valence-electron chi connectivity index (χ3n) is 4.77. The average molecular weight is 454 g/mol. The maximum atomic E-state index is 12.3. The third-order valence-corrected chi connectivity index (χ3v) is 5.50. The molecule has 0 saturated carbocycles. The zero-order chi connectivity index (χ0) is 19.8. The van der Waals surface area contributed by atoms with Crippen LogP contribution in [0.15, 0.2) is 58.6 Å². The van der Waals surface area contributed by atoms with Crippen LogP contribution in [0.5, 0.6) is 0 Å². The molecule has 0 atom stereocenters. The highest BCUT2D eigenvalue weighted by atomic mass is 79.9. The van der Waals surface area contributed by atoms with Crippen LogP contribution in [0.2, 0.25) is 0 Å². The van der Waals surface area contributed by atoms with Crippen LogP contribution in [0, 0.1) is 6.92 Å². The summed E-state index contributed by atoms with van der Waals surface area (Å²) in [5.41, 5.74) is 4.07. The lowest BCUT2D eigenvalue weighted by Gasteiger charge is -2.16. The van der Waals surface area contributed by atoms with Gasteiger partial charge in [0.15, 0.2) is 5.11 Å². The summed E-state index contributed by atoms with van der Waals surface area (Å²) in [7, 11) is 0. The van der Waals surface area contributed by atoms with Gasteiger partial charge in [-0.2, -0.15) is 0 Å². The Kier molecular flexibility index (Phi) is 4.87. The number of carbonyl (C=O) groups is 2. The molecule has 1 aromatic heterocycles. The van der Waals surface area contributed by atoms with Crippen LogP contribution >= 0.6 is 28.1 Å². The van der Waals surface area contributed by atoms with Gasteiger partial charge < -0.3 is 4.57 Å². The molecule has 1 aliphatic heterocycles. The molecule has 0 radical (unpaired) electrons. The molecule has 2 heterocycles. The summed E-state index contributed by atoms with van der Waals surface area (Å²) in [6, 6.07) is 16.1. The molecule has 3 aromatic rings. The van der Waals surface area contributed by atoms with Crippen molar-refractivity contribution in [2.45, 2.75) is 13.5 Å². The van der Waals surface area contributed by atoms with E-state index in [1.165, 1.54) is 0 Å². The van der Waals surface area contributed by atoms with Crippen LogP contribution in [0.4, 0.5) is 0 Å². The minimum atomic E-state index is -0.488. The predicted octanol–water partition coefficient (Wildman–Crippen LogP) is 3.67. The molecule has 0 spiro atoms. The number of nitrogens with zero attached hydrogens (tertiary/aromatic N) is 1. The number of thiocarbonyl (C=S) groups is 1. The second kappa shape index (κ2) is 7.33. The van der Waals surface area contributed by atoms with E-state index in [0.29, 0.717) is 6.54 Å². The fraction of sp³-hybridized carbons (Fsp3) is 0.0952. The first-order chi connectivity index (χ1) is 13.4. The Labute approximate surface area is 175 Å². The number of halogens is 1. The first-order valence-electron chi connectivity index (χ1n) is 8.64. The minimum Gasteiger partial charge on any atom is -0.340 e. The zero-order valence-corrected chi connectivity index (χ0v) is 17.4. The zero-order valence-electron chi connectivity index (χ0n) is 15.0. The fourth-order valence-corrected chi connectivity index (χ4v) is 3.82. The normalized spacial score (nSPS) is 14.2. The molecule has 0 unspecified atom stereocenters. The van der Waals surface area contributed by atoms with Crippen molar-refractivity contribution in [1.29, 1.82) is 0 Å². The molecule has 0 aliphatic carbocycles. The molecule has 2 N–H and O–H groups in total. The van der Waals surface area contributed by atoms with E-state index in [0.717, 1.165) is 32.2 Å². The van der Waals surface area contributed by atoms with Gasteiger partial charge in [0, 0.05) is 33.2 Å². The molecule has 4 rings (SSSR count). The monoisotopic (exact) mass is 453 g/mol. The van der Waals surface area contributed by atoms with E-state index in [1.807, 2.05) is 43.3 Å². The number of nitrogens with one attached hydrogen (secondary N) is 2. The van der Waals surface area contributed by atoms with Gasteiger partial charge in [0.05, 0.1) is 0 Å². The highest BCUT2D eigenvalue weighted by molar-refractivity contribution is 9.10. The summed E-state index contributed by atoms with van der Waals surface area (Å²) >= 11 is 8.33. The Morgan fingerprint density at radius 3 is 2.36 bits per heavy atom. The number of amides is 2. The van der Waals surface area contributed by atoms with Gasteiger partial charge in [0.1, 0.15) is 5.57 Å². The number of rotatable bonds is 3. The van der Waals surface area contributed by atoms with Crippen molar-refractivity contribution in [2.75, 3.05) is 0 Å². The van der Waals surface area contributed by atoms with Crippen molar-refractivity contribution < 1.29 is 9.59 Å². The molecule has 1 saturated heterocycles. The maximum Gasteiger partial charge on any atom is 0.263 e. The van der Waals surface area contributed by atoms with Gasteiger partial charge in [-0.25, -0.2) is 0 Å². The summed E-state index contributed by atoms with van der Waals surface area (Å²) in [5.74, 6) is -0.976. The Morgan fingerprint density at radius 2 is 1.68 bits per heavy atom. The number of benzene rings is 2. The summed E-state index contributed by atoms with van der Waals surface area (Å²) in [6.07, 6.45) is 1.64. The highest BCUT2D eigenvalue weighted by Crippen LogP contribution is 2.29. The Balaban J connectivity index is 1.84. The number of para-hydroxylation sites is 1. The highest BCUT2D eigenvalue weighted by Gasteiger charge is 2.26. The molecule has 1 fully saturated rings. The van der Waals surface area contributed by atoms with Crippen LogP contribution in [0.3, 0.4) is 0 Å². The van der Waals surface area contributed by atoms with E-state index in [4.69, 9.17) is 12.2 Å². The van der Waals surface area contributed by atoms with Gasteiger partial charge in [-0.1, -0.05) is 46.3 Å². The molecule has 2 amide bonds. The van der Waals surface area contributed by atoms with Crippen molar-refractivity contribution >= 4 is 62.1 Å². The van der Waals surface area contributed by atoms with Crippen molar-refractivity contribution in [3.05, 3.63) is 75.4 Å². The fourth-order valence-electron chi connectivity index (χ4n) is 3.37. The lowest BCUT2D eigenvalue weighted by Crippen LogP contribution is -2.51.